The van der Waals surface area contributed by atoms with Gasteiger partial charge in [-0.05, 0) is 36.8 Å². The van der Waals surface area contributed by atoms with Gasteiger partial charge in [0.25, 0.3) is 0 Å². The van der Waals surface area contributed by atoms with Crippen LogP contribution in [0.2, 0.25) is 5.02 Å². The summed E-state index contributed by atoms with van der Waals surface area (Å²) in [6.45, 7) is 5.04. The summed E-state index contributed by atoms with van der Waals surface area (Å²) in [7, 11) is 0. The minimum atomic E-state index is 0.216. The summed E-state index contributed by atoms with van der Waals surface area (Å²) in [6.07, 6.45) is 3.66. The summed E-state index contributed by atoms with van der Waals surface area (Å²) in [4.78, 5) is 11.2. The van der Waals surface area contributed by atoms with Crippen LogP contribution in [0.15, 0.2) is 42.7 Å². The van der Waals surface area contributed by atoms with Gasteiger partial charge in [0.05, 0.1) is 29.5 Å². The molecule has 0 amide bonds. The number of nitrogens with zero attached hydrogens (tertiary/aromatic N) is 4. The standard InChI is InChI=1S/C21H20ClN5O/c1-14-13-27(6-7-28-14)20-5-2-15(10-25-20)11-26-21-16(9-23)12-24-19-4-3-17(22)8-18(19)21/h2-5,8,10,12,14H,6-7,11,13H2,1H3,(H,24,26). The number of morpholine rings is 1. The van der Waals surface area contributed by atoms with Crippen LogP contribution in [0.5, 0.6) is 0 Å². The van der Waals surface area contributed by atoms with Crippen molar-refractivity contribution in [3.63, 3.8) is 0 Å². The Labute approximate surface area is 168 Å². The molecule has 0 spiro atoms. The molecule has 1 saturated heterocycles. The molecule has 0 aliphatic carbocycles. The molecule has 3 aromatic rings. The third-order valence-electron chi connectivity index (χ3n) is 4.79. The lowest BCUT2D eigenvalue weighted by molar-refractivity contribution is 0.0529. The van der Waals surface area contributed by atoms with Crippen LogP contribution in [0.25, 0.3) is 10.9 Å². The van der Waals surface area contributed by atoms with E-state index in [0.29, 0.717) is 17.1 Å². The van der Waals surface area contributed by atoms with Crippen LogP contribution in [-0.4, -0.2) is 35.8 Å². The minimum Gasteiger partial charge on any atom is -0.379 e. The number of aromatic nitrogens is 2. The van der Waals surface area contributed by atoms with E-state index in [1.54, 1.807) is 12.3 Å². The zero-order chi connectivity index (χ0) is 19.5. The van der Waals surface area contributed by atoms with Gasteiger partial charge in [0.2, 0.25) is 0 Å². The Hall–Kier alpha value is -2.88. The van der Waals surface area contributed by atoms with Crippen molar-refractivity contribution >= 4 is 34.0 Å². The number of anilines is 2. The van der Waals surface area contributed by atoms with Crippen LogP contribution in [0.3, 0.4) is 0 Å². The summed E-state index contributed by atoms with van der Waals surface area (Å²) in [5.74, 6) is 0.956. The summed E-state index contributed by atoms with van der Waals surface area (Å²) in [6, 6.07) is 11.8. The molecule has 1 aliphatic rings. The van der Waals surface area contributed by atoms with Crippen LogP contribution in [0, 0.1) is 11.3 Å². The van der Waals surface area contributed by atoms with Crippen LogP contribution >= 0.6 is 11.6 Å². The highest BCUT2D eigenvalue weighted by molar-refractivity contribution is 6.31. The monoisotopic (exact) mass is 393 g/mol. The van der Waals surface area contributed by atoms with Crippen molar-refractivity contribution in [3.8, 4) is 6.07 Å². The average Bonchev–Trinajstić information content (AvgIpc) is 2.72. The van der Waals surface area contributed by atoms with Gasteiger partial charge in [-0.15, -0.1) is 0 Å². The van der Waals surface area contributed by atoms with Crippen LogP contribution in [-0.2, 0) is 11.3 Å². The summed E-state index contributed by atoms with van der Waals surface area (Å²) < 4.78 is 5.59. The van der Waals surface area contributed by atoms with E-state index in [1.165, 1.54) is 0 Å². The second kappa shape index (κ2) is 8.01. The lowest BCUT2D eigenvalue weighted by Gasteiger charge is -2.32. The molecule has 1 atom stereocenters. The lowest BCUT2D eigenvalue weighted by atomic mass is 10.1. The molecule has 1 aromatic carbocycles. The molecule has 28 heavy (non-hydrogen) atoms. The number of pyridine rings is 2. The Morgan fingerprint density at radius 3 is 2.93 bits per heavy atom. The first-order chi connectivity index (χ1) is 13.6. The maximum absolute atomic E-state index is 9.46. The highest BCUT2D eigenvalue weighted by Crippen LogP contribution is 2.28. The van der Waals surface area contributed by atoms with Crippen molar-refractivity contribution in [2.24, 2.45) is 0 Å². The van der Waals surface area contributed by atoms with E-state index in [-0.39, 0.29) is 6.10 Å². The maximum atomic E-state index is 9.46. The predicted molar refractivity (Wildman–Crippen MR) is 111 cm³/mol. The van der Waals surface area contributed by atoms with Crippen molar-refractivity contribution in [1.82, 2.24) is 9.97 Å². The zero-order valence-electron chi connectivity index (χ0n) is 15.5. The molecule has 0 bridgehead atoms. The van der Waals surface area contributed by atoms with Crippen molar-refractivity contribution in [2.75, 3.05) is 29.9 Å². The van der Waals surface area contributed by atoms with Gasteiger partial charge in [-0.3, -0.25) is 4.98 Å². The summed E-state index contributed by atoms with van der Waals surface area (Å²) in [5.41, 5.74) is 3.05. The van der Waals surface area contributed by atoms with E-state index in [2.05, 4.69) is 39.2 Å². The fourth-order valence-electron chi connectivity index (χ4n) is 3.37. The zero-order valence-corrected chi connectivity index (χ0v) is 16.3. The van der Waals surface area contributed by atoms with E-state index < -0.39 is 0 Å². The molecular formula is C21H20ClN5O. The molecular weight excluding hydrogens is 374 g/mol. The molecule has 7 heteroatoms. The molecule has 6 nitrogen and oxygen atoms in total. The fourth-order valence-corrected chi connectivity index (χ4v) is 3.54. The number of rotatable bonds is 4. The van der Waals surface area contributed by atoms with Gasteiger partial charge in [-0.1, -0.05) is 17.7 Å². The van der Waals surface area contributed by atoms with Crippen molar-refractivity contribution in [1.29, 1.82) is 5.26 Å². The number of halogens is 1. The Bertz CT molecular complexity index is 1030. The number of fused-ring (bicyclic) bond motifs is 1. The van der Waals surface area contributed by atoms with Gasteiger partial charge in [-0.25, -0.2) is 4.98 Å². The minimum absolute atomic E-state index is 0.216. The van der Waals surface area contributed by atoms with E-state index >= 15 is 0 Å². The van der Waals surface area contributed by atoms with E-state index in [1.807, 2.05) is 24.4 Å². The molecule has 1 N–H and O–H groups in total. The summed E-state index contributed by atoms with van der Waals surface area (Å²) in [5, 5.41) is 14.3. The predicted octanol–water partition coefficient (Wildman–Crippen LogP) is 3.99. The Morgan fingerprint density at radius 1 is 1.29 bits per heavy atom. The SMILES string of the molecule is CC1CN(c2ccc(CNc3c(C#N)cnc4ccc(Cl)cc34)cn2)CCO1. The lowest BCUT2D eigenvalue weighted by Crippen LogP contribution is -2.41. The topological polar surface area (TPSA) is 74.1 Å². The van der Waals surface area contributed by atoms with Crippen molar-refractivity contribution in [3.05, 3.63) is 58.9 Å². The van der Waals surface area contributed by atoms with Crippen LogP contribution in [0.1, 0.15) is 18.1 Å². The fraction of sp³-hybridized carbons (Fsp3) is 0.286. The van der Waals surface area contributed by atoms with Gasteiger partial charge in [-0.2, -0.15) is 5.26 Å². The number of nitrogens with one attached hydrogen (secondary N) is 1. The number of benzene rings is 1. The Kier molecular flexibility index (Phi) is 5.29. The first-order valence-corrected chi connectivity index (χ1v) is 9.55. The van der Waals surface area contributed by atoms with Crippen molar-refractivity contribution < 1.29 is 4.74 Å². The molecule has 1 fully saturated rings. The second-order valence-corrected chi connectivity index (χ2v) is 7.26. The normalized spacial score (nSPS) is 16.8. The van der Waals surface area contributed by atoms with Gasteiger partial charge in [0.1, 0.15) is 11.9 Å². The molecule has 142 valence electrons. The Morgan fingerprint density at radius 2 is 2.18 bits per heavy atom. The smallest absolute Gasteiger partial charge is 0.128 e. The van der Waals surface area contributed by atoms with Gasteiger partial charge < -0.3 is 15.0 Å². The van der Waals surface area contributed by atoms with Crippen molar-refractivity contribution in [2.45, 2.75) is 19.6 Å². The molecule has 1 unspecified atom stereocenters. The Balaban J connectivity index is 1.53. The molecule has 4 rings (SSSR count). The largest absolute Gasteiger partial charge is 0.379 e. The molecule has 0 radical (unpaired) electrons. The van der Waals surface area contributed by atoms with Crippen LogP contribution in [0.4, 0.5) is 11.5 Å². The first-order valence-electron chi connectivity index (χ1n) is 9.18. The molecule has 2 aromatic heterocycles. The second-order valence-electron chi connectivity index (χ2n) is 6.83. The van der Waals surface area contributed by atoms with Gasteiger partial charge in [0.15, 0.2) is 0 Å². The highest BCUT2D eigenvalue weighted by Gasteiger charge is 2.17. The number of hydrogen-bond acceptors (Lipinski definition) is 6. The van der Waals surface area contributed by atoms with E-state index in [4.69, 9.17) is 16.3 Å². The highest BCUT2D eigenvalue weighted by atomic mass is 35.5. The number of nitriles is 1. The third kappa shape index (κ3) is 3.86. The number of ether oxygens (including phenoxy) is 1. The summed E-state index contributed by atoms with van der Waals surface area (Å²) >= 11 is 6.14. The first kappa shape index (κ1) is 18.5. The van der Waals surface area contributed by atoms with Gasteiger partial charge in [0, 0.05) is 42.4 Å². The molecule has 0 saturated carbocycles. The average molecular weight is 394 g/mol. The third-order valence-corrected chi connectivity index (χ3v) is 5.03. The van der Waals surface area contributed by atoms with E-state index in [0.717, 1.165) is 47.7 Å². The van der Waals surface area contributed by atoms with Crippen LogP contribution < -0.4 is 10.2 Å². The maximum Gasteiger partial charge on any atom is 0.128 e. The quantitative estimate of drug-likeness (QED) is 0.722. The van der Waals surface area contributed by atoms with E-state index in [9.17, 15) is 5.26 Å². The molecule has 1 aliphatic heterocycles. The van der Waals surface area contributed by atoms with Gasteiger partial charge >= 0.3 is 0 Å². The molecule has 3 heterocycles. The number of hydrogen-bond donors (Lipinski definition) is 1.